The van der Waals surface area contributed by atoms with E-state index in [2.05, 4.69) is 74.4 Å². The van der Waals surface area contributed by atoms with E-state index < -0.39 is 0 Å². The minimum absolute atomic E-state index is 0.721. The highest BCUT2D eigenvalue weighted by atomic mass is 15.3. The molecule has 2 N–H and O–H groups in total. The lowest BCUT2D eigenvalue weighted by Crippen LogP contribution is -2.36. The van der Waals surface area contributed by atoms with E-state index in [9.17, 15) is 0 Å². The van der Waals surface area contributed by atoms with Gasteiger partial charge in [-0.15, -0.1) is 0 Å². The van der Waals surface area contributed by atoms with Crippen LogP contribution in [-0.2, 0) is 19.4 Å². The predicted molar refractivity (Wildman–Crippen MR) is 123 cm³/mol. The van der Waals surface area contributed by atoms with Gasteiger partial charge in [0.25, 0.3) is 0 Å². The van der Waals surface area contributed by atoms with Gasteiger partial charge in [0.1, 0.15) is 12.0 Å². The number of rotatable bonds is 4. The van der Waals surface area contributed by atoms with Gasteiger partial charge in [0.2, 0.25) is 0 Å². The van der Waals surface area contributed by atoms with Crippen molar-refractivity contribution in [1.29, 1.82) is 0 Å². The molecule has 0 bridgehead atoms. The molecule has 2 aliphatic heterocycles. The Bertz CT molecular complexity index is 995. The molecule has 0 spiro atoms. The second-order valence-corrected chi connectivity index (χ2v) is 8.49. The Morgan fingerprint density at radius 1 is 0.800 bits per heavy atom. The normalized spacial score (nSPS) is 17.1. The Balaban J connectivity index is 1.28. The fraction of sp³-hybridized carbons (Fsp3) is 0.360. The van der Waals surface area contributed by atoms with Crippen LogP contribution in [0.4, 0.5) is 17.3 Å². The molecule has 154 valence electrons. The Labute approximate surface area is 178 Å². The van der Waals surface area contributed by atoms with Gasteiger partial charge in [-0.1, -0.05) is 54.6 Å². The highest BCUT2D eigenvalue weighted by molar-refractivity contribution is 5.76. The highest BCUT2D eigenvalue weighted by Crippen LogP contribution is 2.34. The van der Waals surface area contributed by atoms with Gasteiger partial charge in [-0.2, -0.15) is 0 Å². The Kier molecular flexibility index (Phi) is 5.26. The zero-order chi connectivity index (χ0) is 20.3. The molecule has 3 aromatic rings. The number of hydrogen-bond donors (Lipinski definition) is 1. The number of piperidine rings is 1. The second-order valence-electron chi connectivity index (χ2n) is 8.49. The molecule has 1 saturated heterocycles. The van der Waals surface area contributed by atoms with E-state index in [1.165, 1.54) is 29.5 Å². The van der Waals surface area contributed by atoms with Crippen molar-refractivity contribution in [2.24, 2.45) is 5.92 Å². The van der Waals surface area contributed by atoms with E-state index >= 15 is 0 Å². The zero-order valence-corrected chi connectivity index (χ0v) is 17.4. The van der Waals surface area contributed by atoms with Crippen LogP contribution in [0, 0.1) is 5.92 Å². The van der Waals surface area contributed by atoms with Gasteiger partial charge in [-0.3, -0.25) is 0 Å². The first kappa shape index (κ1) is 18.9. The third kappa shape index (κ3) is 3.84. The van der Waals surface area contributed by atoms with Crippen LogP contribution in [0.1, 0.15) is 29.5 Å². The number of nitrogens with two attached hydrogens (primary N) is 1. The number of fused-ring (bicyclic) bond motifs is 1. The van der Waals surface area contributed by atoms with Crippen molar-refractivity contribution in [3.05, 3.63) is 77.6 Å². The third-order valence-electron chi connectivity index (χ3n) is 6.55. The first-order valence-corrected chi connectivity index (χ1v) is 11.0. The summed E-state index contributed by atoms with van der Waals surface area (Å²) in [7, 11) is 0. The number of nitrogens with zero attached hydrogens (tertiary/aromatic N) is 4. The van der Waals surface area contributed by atoms with E-state index in [4.69, 9.17) is 5.73 Å². The summed E-state index contributed by atoms with van der Waals surface area (Å²) in [6.45, 7) is 3.80. The van der Waals surface area contributed by atoms with Crippen LogP contribution < -0.4 is 15.5 Å². The smallest absolute Gasteiger partial charge is 0.157 e. The summed E-state index contributed by atoms with van der Waals surface area (Å²) >= 11 is 0. The molecule has 0 saturated carbocycles. The van der Waals surface area contributed by atoms with E-state index in [0.29, 0.717) is 0 Å². The van der Waals surface area contributed by atoms with Crippen molar-refractivity contribution in [3.8, 4) is 0 Å². The maximum absolute atomic E-state index is 6.61. The summed E-state index contributed by atoms with van der Waals surface area (Å²) in [6.07, 6.45) is 6.21. The molecule has 5 rings (SSSR count). The Morgan fingerprint density at radius 2 is 1.47 bits per heavy atom. The van der Waals surface area contributed by atoms with Crippen molar-refractivity contribution in [1.82, 2.24) is 9.97 Å². The maximum atomic E-state index is 6.61. The topological polar surface area (TPSA) is 58.3 Å². The summed E-state index contributed by atoms with van der Waals surface area (Å²) in [5, 5.41) is 0. The van der Waals surface area contributed by atoms with Crippen molar-refractivity contribution in [2.75, 3.05) is 35.2 Å². The molecule has 0 radical (unpaired) electrons. The molecular formula is C25H29N5. The second kappa shape index (κ2) is 8.34. The molecule has 0 atom stereocenters. The number of hydrogen-bond acceptors (Lipinski definition) is 5. The molecule has 2 aliphatic rings. The van der Waals surface area contributed by atoms with Crippen molar-refractivity contribution in [3.63, 3.8) is 0 Å². The number of nitrogen functional groups attached to an aromatic ring is 1. The highest BCUT2D eigenvalue weighted by Gasteiger charge is 2.25. The number of aromatic nitrogens is 2. The molecule has 1 fully saturated rings. The molecular weight excluding hydrogens is 370 g/mol. The summed E-state index contributed by atoms with van der Waals surface area (Å²) in [5.41, 5.74) is 11.6. The van der Waals surface area contributed by atoms with E-state index in [-0.39, 0.29) is 0 Å². The lowest BCUT2D eigenvalue weighted by molar-refractivity contribution is 0.402. The fourth-order valence-corrected chi connectivity index (χ4v) is 4.85. The van der Waals surface area contributed by atoms with Gasteiger partial charge in [0, 0.05) is 26.2 Å². The van der Waals surface area contributed by atoms with Crippen LogP contribution in [0.3, 0.4) is 0 Å². The van der Waals surface area contributed by atoms with Gasteiger partial charge in [0.05, 0.1) is 0 Å². The average molecular weight is 400 g/mol. The molecule has 0 amide bonds. The van der Waals surface area contributed by atoms with E-state index in [1.807, 2.05) is 0 Å². The summed E-state index contributed by atoms with van der Waals surface area (Å²) < 4.78 is 0. The largest absolute Gasteiger partial charge is 0.393 e. The molecule has 5 nitrogen and oxygen atoms in total. The first-order chi connectivity index (χ1) is 14.8. The first-order valence-electron chi connectivity index (χ1n) is 11.0. The van der Waals surface area contributed by atoms with Crippen molar-refractivity contribution < 1.29 is 0 Å². The van der Waals surface area contributed by atoms with Crippen LogP contribution in [0.15, 0.2) is 60.9 Å². The fourth-order valence-electron chi connectivity index (χ4n) is 4.85. The van der Waals surface area contributed by atoms with Crippen LogP contribution in [0.5, 0.6) is 0 Å². The van der Waals surface area contributed by atoms with Crippen LogP contribution >= 0.6 is 0 Å². The Hall–Kier alpha value is -3.08. The SMILES string of the molecule is Nc1c(N2CCC(Cc3ccccc3)CC2)ncnc1N1CCc2ccccc2C1. The van der Waals surface area contributed by atoms with Crippen LogP contribution in [0.25, 0.3) is 0 Å². The molecule has 30 heavy (non-hydrogen) atoms. The number of benzene rings is 2. The monoisotopic (exact) mass is 399 g/mol. The third-order valence-corrected chi connectivity index (χ3v) is 6.55. The maximum Gasteiger partial charge on any atom is 0.157 e. The van der Waals surface area contributed by atoms with E-state index in [0.717, 1.165) is 62.3 Å². The van der Waals surface area contributed by atoms with Gasteiger partial charge >= 0.3 is 0 Å². The molecule has 0 aliphatic carbocycles. The molecule has 3 heterocycles. The van der Waals surface area contributed by atoms with Crippen molar-refractivity contribution in [2.45, 2.75) is 32.2 Å². The summed E-state index contributed by atoms with van der Waals surface area (Å²) in [5.74, 6) is 2.50. The zero-order valence-electron chi connectivity index (χ0n) is 17.4. The van der Waals surface area contributed by atoms with Gasteiger partial charge in [0.15, 0.2) is 11.6 Å². The summed E-state index contributed by atoms with van der Waals surface area (Å²) in [4.78, 5) is 13.8. The van der Waals surface area contributed by atoms with Gasteiger partial charge in [-0.25, -0.2) is 9.97 Å². The van der Waals surface area contributed by atoms with Gasteiger partial charge < -0.3 is 15.5 Å². The number of anilines is 3. The van der Waals surface area contributed by atoms with Gasteiger partial charge in [-0.05, 0) is 48.3 Å². The van der Waals surface area contributed by atoms with E-state index in [1.54, 1.807) is 6.33 Å². The quantitative estimate of drug-likeness (QED) is 0.716. The average Bonchev–Trinajstić information content (AvgIpc) is 2.80. The lowest BCUT2D eigenvalue weighted by Gasteiger charge is -2.35. The Morgan fingerprint density at radius 3 is 2.23 bits per heavy atom. The minimum atomic E-state index is 0.721. The van der Waals surface area contributed by atoms with Crippen molar-refractivity contribution >= 4 is 17.3 Å². The van der Waals surface area contributed by atoms with Crippen LogP contribution in [-0.4, -0.2) is 29.6 Å². The molecule has 2 aromatic carbocycles. The minimum Gasteiger partial charge on any atom is -0.393 e. The molecule has 5 heteroatoms. The summed E-state index contributed by atoms with van der Waals surface area (Å²) in [6, 6.07) is 19.5. The predicted octanol–water partition coefficient (Wildman–Crippen LogP) is 4.08. The molecule has 1 aromatic heterocycles. The molecule has 0 unspecified atom stereocenters. The standard InChI is InChI=1S/C25H29N5/c26-23-24(29-13-10-20(11-14-29)16-19-6-2-1-3-7-19)27-18-28-25(23)30-15-12-21-8-4-5-9-22(21)17-30/h1-9,18,20H,10-17,26H2. The lowest BCUT2D eigenvalue weighted by atomic mass is 9.90. The van der Waals surface area contributed by atoms with Crippen LogP contribution in [0.2, 0.25) is 0 Å².